The van der Waals surface area contributed by atoms with Crippen molar-refractivity contribution in [1.29, 1.82) is 0 Å². The Morgan fingerprint density at radius 3 is 2.50 bits per heavy atom. The number of nitrogens with one attached hydrogen (secondary N) is 1. The van der Waals surface area contributed by atoms with E-state index < -0.39 is 0 Å². The summed E-state index contributed by atoms with van der Waals surface area (Å²) < 4.78 is 4.67. The molecular weight excluding hydrogens is 178 g/mol. The van der Waals surface area contributed by atoms with Gasteiger partial charge in [-0.05, 0) is 18.4 Å². The summed E-state index contributed by atoms with van der Waals surface area (Å²) in [7, 11) is 1.43. The van der Waals surface area contributed by atoms with Crippen molar-refractivity contribution in [3.63, 3.8) is 0 Å². The first kappa shape index (κ1) is 11.7. The quantitative estimate of drug-likeness (QED) is 0.631. The lowest BCUT2D eigenvalue weighted by Gasteiger charge is -2.23. The zero-order valence-electron chi connectivity index (χ0n) is 7.72. The summed E-state index contributed by atoms with van der Waals surface area (Å²) in [6, 6.07) is -0.118. The van der Waals surface area contributed by atoms with E-state index in [-0.39, 0.29) is 29.8 Å². The zero-order valence-corrected chi connectivity index (χ0v) is 8.53. The Labute approximate surface area is 79.3 Å². The van der Waals surface area contributed by atoms with Crippen LogP contribution in [0.5, 0.6) is 0 Å². The van der Waals surface area contributed by atoms with Crippen molar-refractivity contribution >= 4 is 18.4 Å². The van der Waals surface area contributed by atoms with Gasteiger partial charge in [-0.3, -0.25) is 4.79 Å². The molecule has 72 valence electrons. The molecule has 1 N–H and O–H groups in total. The van der Waals surface area contributed by atoms with Crippen molar-refractivity contribution in [1.82, 2.24) is 5.32 Å². The molecule has 0 aromatic heterocycles. The van der Waals surface area contributed by atoms with Crippen LogP contribution in [0.25, 0.3) is 0 Å². The van der Waals surface area contributed by atoms with Gasteiger partial charge >= 0.3 is 5.97 Å². The number of rotatable bonds is 1. The van der Waals surface area contributed by atoms with Gasteiger partial charge in [0.25, 0.3) is 0 Å². The second-order valence-electron chi connectivity index (χ2n) is 3.65. The molecule has 0 aromatic carbocycles. The van der Waals surface area contributed by atoms with Crippen molar-refractivity contribution in [3.05, 3.63) is 0 Å². The topological polar surface area (TPSA) is 38.3 Å². The molecule has 0 bridgehead atoms. The third-order valence-corrected chi connectivity index (χ3v) is 2.34. The van der Waals surface area contributed by atoms with Gasteiger partial charge in [0.1, 0.15) is 6.04 Å². The molecule has 0 amide bonds. The van der Waals surface area contributed by atoms with Crippen molar-refractivity contribution < 1.29 is 9.53 Å². The van der Waals surface area contributed by atoms with E-state index in [2.05, 4.69) is 23.9 Å². The number of hydrogen-bond donors (Lipinski definition) is 1. The van der Waals surface area contributed by atoms with Crippen LogP contribution in [0.3, 0.4) is 0 Å². The Hall–Kier alpha value is -0.280. The molecule has 4 heteroatoms. The Balaban J connectivity index is 0.00000121. The van der Waals surface area contributed by atoms with E-state index in [1.54, 1.807) is 0 Å². The van der Waals surface area contributed by atoms with Crippen LogP contribution in [0.15, 0.2) is 0 Å². The lowest BCUT2D eigenvalue weighted by molar-refractivity contribution is -0.145. The Kier molecular flexibility index (Phi) is 4.00. The van der Waals surface area contributed by atoms with E-state index in [1.807, 2.05) is 0 Å². The van der Waals surface area contributed by atoms with E-state index in [9.17, 15) is 4.79 Å². The van der Waals surface area contributed by atoms with E-state index >= 15 is 0 Å². The van der Waals surface area contributed by atoms with Crippen LogP contribution < -0.4 is 5.32 Å². The third kappa shape index (κ3) is 2.11. The summed E-state index contributed by atoms with van der Waals surface area (Å²) in [5, 5.41) is 3.12. The number of carbonyl (C=O) groups excluding carboxylic acids is 1. The van der Waals surface area contributed by atoms with Gasteiger partial charge in [0.05, 0.1) is 7.11 Å². The van der Waals surface area contributed by atoms with E-state index in [0.717, 1.165) is 13.0 Å². The fraction of sp³-hybridized carbons (Fsp3) is 0.875. The Morgan fingerprint density at radius 1 is 1.58 bits per heavy atom. The van der Waals surface area contributed by atoms with Crippen LogP contribution in [-0.2, 0) is 9.53 Å². The van der Waals surface area contributed by atoms with E-state index in [0.29, 0.717) is 0 Å². The van der Waals surface area contributed by atoms with Crippen molar-refractivity contribution in [3.8, 4) is 0 Å². The summed E-state index contributed by atoms with van der Waals surface area (Å²) in [6.45, 7) is 5.07. The fourth-order valence-electron chi connectivity index (χ4n) is 1.48. The molecule has 1 atom stereocenters. The second-order valence-corrected chi connectivity index (χ2v) is 3.65. The van der Waals surface area contributed by atoms with Gasteiger partial charge in [-0.2, -0.15) is 0 Å². The van der Waals surface area contributed by atoms with Crippen LogP contribution in [-0.4, -0.2) is 25.7 Å². The second kappa shape index (κ2) is 4.10. The number of methoxy groups -OCH3 is 1. The molecule has 1 fully saturated rings. The number of ether oxygens (including phenoxy) is 1. The summed E-state index contributed by atoms with van der Waals surface area (Å²) in [5.74, 6) is -0.146. The van der Waals surface area contributed by atoms with Gasteiger partial charge in [-0.15, -0.1) is 12.4 Å². The summed E-state index contributed by atoms with van der Waals surface area (Å²) in [4.78, 5) is 11.1. The molecule has 1 rings (SSSR count). The van der Waals surface area contributed by atoms with Gasteiger partial charge in [-0.25, -0.2) is 0 Å². The van der Waals surface area contributed by atoms with E-state index in [4.69, 9.17) is 0 Å². The molecule has 1 heterocycles. The maximum absolute atomic E-state index is 11.1. The number of esters is 1. The Morgan fingerprint density at radius 2 is 2.17 bits per heavy atom. The third-order valence-electron chi connectivity index (χ3n) is 2.34. The first-order valence-corrected chi connectivity index (χ1v) is 3.89. The van der Waals surface area contributed by atoms with Gasteiger partial charge in [-0.1, -0.05) is 13.8 Å². The molecule has 1 saturated heterocycles. The van der Waals surface area contributed by atoms with Crippen molar-refractivity contribution in [2.45, 2.75) is 26.3 Å². The highest BCUT2D eigenvalue weighted by Gasteiger charge is 2.39. The molecule has 0 radical (unpaired) electrons. The molecule has 1 aliphatic heterocycles. The fourth-order valence-corrected chi connectivity index (χ4v) is 1.48. The predicted molar refractivity (Wildman–Crippen MR) is 49.5 cm³/mol. The maximum atomic E-state index is 11.1. The molecule has 12 heavy (non-hydrogen) atoms. The zero-order chi connectivity index (χ0) is 8.48. The lowest BCUT2D eigenvalue weighted by atomic mass is 9.85. The molecular formula is C8H16ClNO2. The lowest BCUT2D eigenvalue weighted by Crippen LogP contribution is -2.40. The molecule has 1 unspecified atom stereocenters. The van der Waals surface area contributed by atoms with Gasteiger partial charge in [0.2, 0.25) is 0 Å². The summed E-state index contributed by atoms with van der Waals surface area (Å²) in [6.07, 6.45) is 1.03. The minimum absolute atomic E-state index is 0. The first-order chi connectivity index (χ1) is 5.08. The molecule has 1 aliphatic rings. The largest absolute Gasteiger partial charge is 0.468 e. The maximum Gasteiger partial charge on any atom is 0.323 e. The van der Waals surface area contributed by atoms with Gasteiger partial charge in [0.15, 0.2) is 0 Å². The number of halogens is 1. The number of hydrogen-bond acceptors (Lipinski definition) is 3. The summed E-state index contributed by atoms with van der Waals surface area (Å²) in [5.41, 5.74) is 0.0487. The molecule has 0 aliphatic carbocycles. The van der Waals surface area contributed by atoms with Crippen LogP contribution in [0.2, 0.25) is 0 Å². The monoisotopic (exact) mass is 193 g/mol. The highest BCUT2D eigenvalue weighted by atomic mass is 35.5. The number of carbonyl (C=O) groups is 1. The average molecular weight is 194 g/mol. The van der Waals surface area contributed by atoms with Gasteiger partial charge < -0.3 is 10.1 Å². The minimum Gasteiger partial charge on any atom is -0.468 e. The standard InChI is InChI=1S/C8H15NO2.ClH/c1-8(2)4-5-9-6(8)7(10)11-3;/h6,9H,4-5H2,1-3H3;1H. The van der Waals surface area contributed by atoms with Crippen molar-refractivity contribution in [2.24, 2.45) is 5.41 Å². The van der Waals surface area contributed by atoms with E-state index in [1.165, 1.54) is 7.11 Å². The SMILES string of the molecule is COC(=O)C1NCCC1(C)C.Cl. The predicted octanol–water partition coefficient (Wildman–Crippen LogP) is 0.969. The van der Waals surface area contributed by atoms with Crippen LogP contribution >= 0.6 is 12.4 Å². The molecule has 0 saturated carbocycles. The van der Waals surface area contributed by atoms with Crippen LogP contribution in [0.1, 0.15) is 20.3 Å². The normalized spacial score (nSPS) is 26.1. The van der Waals surface area contributed by atoms with Crippen LogP contribution in [0.4, 0.5) is 0 Å². The summed E-state index contributed by atoms with van der Waals surface area (Å²) >= 11 is 0. The first-order valence-electron chi connectivity index (χ1n) is 3.89. The minimum atomic E-state index is -0.146. The molecule has 3 nitrogen and oxygen atoms in total. The molecule has 0 aromatic rings. The van der Waals surface area contributed by atoms with Gasteiger partial charge in [0, 0.05) is 0 Å². The van der Waals surface area contributed by atoms with Crippen LogP contribution in [0, 0.1) is 5.41 Å². The highest BCUT2D eigenvalue weighted by molar-refractivity contribution is 5.85. The molecule has 0 spiro atoms. The highest BCUT2D eigenvalue weighted by Crippen LogP contribution is 2.30. The Bertz CT molecular complexity index is 170. The van der Waals surface area contributed by atoms with Crippen molar-refractivity contribution in [2.75, 3.05) is 13.7 Å². The smallest absolute Gasteiger partial charge is 0.323 e. The average Bonchev–Trinajstić information content (AvgIpc) is 2.28.